The topological polar surface area (TPSA) is 78.7 Å². The summed E-state index contributed by atoms with van der Waals surface area (Å²) in [5.74, 6) is 0.814. The summed E-state index contributed by atoms with van der Waals surface area (Å²) in [4.78, 5) is 12.2. The lowest BCUT2D eigenvalue weighted by Crippen LogP contribution is -2.23. The molecule has 0 radical (unpaired) electrons. The Morgan fingerprint density at radius 1 is 1.33 bits per heavy atom. The Kier molecular flexibility index (Phi) is 5.62. The molecule has 24 heavy (non-hydrogen) atoms. The van der Waals surface area contributed by atoms with E-state index in [0.717, 1.165) is 34.9 Å². The van der Waals surface area contributed by atoms with Gasteiger partial charge in [0.2, 0.25) is 11.0 Å². The first-order valence-electron chi connectivity index (χ1n) is 7.66. The van der Waals surface area contributed by atoms with Crippen LogP contribution >= 0.6 is 23.1 Å². The van der Waals surface area contributed by atoms with Crippen molar-refractivity contribution in [2.45, 2.75) is 29.4 Å². The molecule has 1 aliphatic carbocycles. The van der Waals surface area contributed by atoms with Gasteiger partial charge in [0.25, 0.3) is 0 Å². The van der Waals surface area contributed by atoms with E-state index in [4.69, 9.17) is 5.26 Å². The third-order valence-corrected chi connectivity index (χ3v) is 5.76. The molecule has 0 fully saturated rings. The summed E-state index contributed by atoms with van der Waals surface area (Å²) in [5, 5.41) is 20.4. The fourth-order valence-corrected chi connectivity index (χ4v) is 4.09. The van der Waals surface area contributed by atoms with Gasteiger partial charge in [0.05, 0.1) is 11.6 Å². The van der Waals surface area contributed by atoms with E-state index in [9.17, 15) is 4.79 Å². The summed E-state index contributed by atoms with van der Waals surface area (Å²) in [6.07, 6.45) is 6.83. The molecule has 0 saturated heterocycles. The zero-order valence-corrected chi connectivity index (χ0v) is 14.6. The first-order chi connectivity index (χ1) is 11.7. The lowest BCUT2D eigenvalue weighted by atomic mass is 9.94. The number of carbonyl (C=O) groups is 1. The molecule has 122 valence electrons. The van der Waals surface area contributed by atoms with E-state index in [-0.39, 0.29) is 11.8 Å². The van der Waals surface area contributed by atoms with E-state index in [1.165, 1.54) is 11.3 Å². The number of nitrogens with one attached hydrogen (secondary N) is 1. The number of amides is 1. The van der Waals surface area contributed by atoms with E-state index in [1.54, 1.807) is 23.9 Å². The highest BCUT2D eigenvalue weighted by Crippen LogP contribution is 2.29. The predicted octanol–water partition coefficient (Wildman–Crippen LogP) is 4.00. The Morgan fingerprint density at radius 3 is 2.88 bits per heavy atom. The summed E-state index contributed by atoms with van der Waals surface area (Å²) in [6, 6.07) is 9.59. The number of thioether (sulfide) groups is 1. The number of anilines is 1. The van der Waals surface area contributed by atoms with Gasteiger partial charge in [-0.1, -0.05) is 47.4 Å². The van der Waals surface area contributed by atoms with E-state index in [1.807, 2.05) is 12.1 Å². The molecule has 1 aromatic carbocycles. The number of nitrogens with zero attached hydrogens (tertiary/aromatic N) is 3. The third-order valence-electron chi connectivity index (χ3n) is 3.72. The van der Waals surface area contributed by atoms with Crippen LogP contribution in [-0.4, -0.2) is 16.1 Å². The Morgan fingerprint density at radius 2 is 2.17 bits per heavy atom. The Hall–Kier alpha value is -2.17. The van der Waals surface area contributed by atoms with Gasteiger partial charge in [0, 0.05) is 11.7 Å². The van der Waals surface area contributed by atoms with Gasteiger partial charge in [0.15, 0.2) is 4.34 Å². The first-order valence-corrected chi connectivity index (χ1v) is 9.46. The Balaban J connectivity index is 1.52. The van der Waals surface area contributed by atoms with E-state index in [0.29, 0.717) is 10.7 Å². The van der Waals surface area contributed by atoms with Gasteiger partial charge in [0.1, 0.15) is 0 Å². The van der Waals surface area contributed by atoms with Gasteiger partial charge in [-0.25, -0.2) is 0 Å². The second kappa shape index (κ2) is 8.08. The van der Waals surface area contributed by atoms with Gasteiger partial charge < -0.3 is 5.32 Å². The number of aromatic nitrogens is 2. The van der Waals surface area contributed by atoms with E-state index >= 15 is 0 Å². The monoisotopic (exact) mass is 356 g/mol. The molecule has 1 heterocycles. The predicted molar refractivity (Wildman–Crippen MR) is 95.7 cm³/mol. The minimum Gasteiger partial charge on any atom is -0.300 e. The zero-order chi connectivity index (χ0) is 16.8. The minimum absolute atomic E-state index is 0.0270. The summed E-state index contributed by atoms with van der Waals surface area (Å²) in [7, 11) is 0. The molecule has 0 spiro atoms. The van der Waals surface area contributed by atoms with Crippen molar-refractivity contribution in [3.8, 4) is 6.07 Å². The quantitative estimate of drug-likeness (QED) is 0.498. The van der Waals surface area contributed by atoms with Gasteiger partial charge in [-0.15, -0.1) is 10.2 Å². The summed E-state index contributed by atoms with van der Waals surface area (Å²) >= 11 is 2.96. The molecule has 1 amide bonds. The second-order valence-electron chi connectivity index (χ2n) is 5.44. The smallest absolute Gasteiger partial charge is 0.229 e. The fourth-order valence-electron chi connectivity index (χ4n) is 2.38. The molecule has 1 atom stereocenters. The van der Waals surface area contributed by atoms with Crippen molar-refractivity contribution in [1.82, 2.24) is 10.2 Å². The SMILES string of the molecule is N#Cc1ccc(CSc2nnc(NC(=O)C3CC=CCC3)s2)cc1. The highest BCUT2D eigenvalue weighted by Gasteiger charge is 2.20. The molecule has 0 bridgehead atoms. The largest absolute Gasteiger partial charge is 0.300 e. The van der Waals surface area contributed by atoms with Crippen LogP contribution in [0.2, 0.25) is 0 Å². The molecule has 3 rings (SSSR count). The molecule has 7 heteroatoms. The van der Waals surface area contributed by atoms with E-state index < -0.39 is 0 Å². The number of allylic oxidation sites excluding steroid dienone is 2. The molecule has 1 unspecified atom stereocenters. The molecular formula is C17H16N4OS2. The van der Waals surface area contributed by atoms with Crippen molar-refractivity contribution >= 4 is 34.1 Å². The van der Waals surface area contributed by atoms with Crippen LogP contribution in [0.15, 0.2) is 40.8 Å². The maximum Gasteiger partial charge on any atom is 0.229 e. The summed E-state index contributed by atoms with van der Waals surface area (Å²) < 4.78 is 0.818. The molecular weight excluding hydrogens is 340 g/mol. The average Bonchev–Trinajstić information content (AvgIpc) is 3.08. The standard InChI is InChI=1S/C17H16N4OS2/c18-10-12-6-8-13(9-7-12)11-23-17-21-20-16(24-17)19-15(22)14-4-2-1-3-5-14/h1-2,6-9,14H,3-5,11H2,(H,19,20,22). The normalized spacial score (nSPS) is 16.5. The maximum absolute atomic E-state index is 12.2. The minimum atomic E-state index is 0.0270. The summed E-state index contributed by atoms with van der Waals surface area (Å²) in [5.41, 5.74) is 1.77. The fraction of sp³-hybridized carbons (Fsp3) is 0.294. The van der Waals surface area contributed by atoms with Crippen molar-refractivity contribution in [2.75, 3.05) is 5.32 Å². The van der Waals surface area contributed by atoms with Crippen molar-refractivity contribution in [1.29, 1.82) is 5.26 Å². The molecule has 1 N–H and O–H groups in total. The first kappa shape index (κ1) is 16.7. The van der Waals surface area contributed by atoms with Crippen molar-refractivity contribution in [3.63, 3.8) is 0 Å². The van der Waals surface area contributed by atoms with Crippen LogP contribution in [-0.2, 0) is 10.5 Å². The third kappa shape index (κ3) is 4.43. The van der Waals surface area contributed by atoms with Crippen LogP contribution in [0.4, 0.5) is 5.13 Å². The maximum atomic E-state index is 12.2. The van der Waals surface area contributed by atoms with Crippen LogP contribution in [0, 0.1) is 17.2 Å². The molecule has 2 aromatic rings. The number of carbonyl (C=O) groups excluding carboxylic acids is 1. The van der Waals surface area contributed by atoms with Gasteiger partial charge in [-0.3, -0.25) is 4.79 Å². The average molecular weight is 356 g/mol. The van der Waals surface area contributed by atoms with Crippen molar-refractivity contribution in [2.24, 2.45) is 5.92 Å². The van der Waals surface area contributed by atoms with Crippen LogP contribution in [0.3, 0.4) is 0 Å². The van der Waals surface area contributed by atoms with Crippen molar-refractivity contribution in [3.05, 3.63) is 47.5 Å². The summed E-state index contributed by atoms with van der Waals surface area (Å²) in [6.45, 7) is 0. The van der Waals surface area contributed by atoms with Gasteiger partial charge >= 0.3 is 0 Å². The highest BCUT2D eigenvalue weighted by molar-refractivity contribution is 8.00. The lowest BCUT2D eigenvalue weighted by molar-refractivity contribution is -0.120. The Bertz CT molecular complexity index is 777. The molecule has 0 saturated carbocycles. The lowest BCUT2D eigenvalue weighted by Gasteiger charge is -2.15. The number of nitriles is 1. The highest BCUT2D eigenvalue weighted by atomic mass is 32.2. The Labute approximate surface area is 148 Å². The van der Waals surface area contributed by atoms with Crippen LogP contribution < -0.4 is 5.32 Å². The van der Waals surface area contributed by atoms with Crippen LogP contribution in [0.25, 0.3) is 0 Å². The van der Waals surface area contributed by atoms with Crippen LogP contribution in [0.5, 0.6) is 0 Å². The zero-order valence-electron chi connectivity index (χ0n) is 12.9. The molecule has 0 aliphatic heterocycles. The van der Waals surface area contributed by atoms with E-state index in [2.05, 4.69) is 33.7 Å². The van der Waals surface area contributed by atoms with Crippen LogP contribution in [0.1, 0.15) is 30.4 Å². The number of hydrogen-bond acceptors (Lipinski definition) is 6. The molecule has 1 aliphatic rings. The van der Waals surface area contributed by atoms with Gasteiger partial charge in [-0.05, 0) is 37.0 Å². The molecule has 1 aromatic heterocycles. The molecule has 5 nitrogen and oxygen atoms in total. The van der Waals surface area contributed by atoms with Crippen molar-refractivity contribution < 1.29 is 4.79 Å². The van der Waals surface area contributed by atoms with Gasteiger partial charge in [-0.2, -0.15) is 5.26 Å². The number of rotatable bonds is 5. The number of benzene rings is 1. The number of hydrogen-bond donors (Lipinski definition) is 1. The second-order valence-corrected chi connectivity index (χ2v) is 7.64.